The van der Waals surface area contributed by atoms with E-state index in [2.05, 4.69) is 20.2 Å². The number of hydrogen-bond donors (Lipinski definition) is 2. The fourth-order valence-corrected chi connectivity index (χ4v) is 5.86. The Balaban J connectivity index is 1.45. The second kappa shape index (κ2) is 9.45. The normalized spacial score (nSPS) is 20.0. The molecule has 2 N–H and O–H groups in total. The van der Waals surface area contributed by atoms with Crippen molar-refractivity contribution < 1.29 is 26.7 Å². The van der Waals surface area contributed by atoms with Gasteiger partial charge in [0.25, 0.3) is 15.9 Å². The van der Waals surface area contributed by atoms with Gasteiger partial charge >= 0.3 is 0 Å². The van der Waals surface area contributed by atoms with Gasteiger partial charge in [-0.15, -0.1) is 0 Å². The van der Waals surface area contributed by atoms with E-state index in [0.717, 1.165) is 12.1 Å². The summed E-state index contributed by atoms with van der Waals surface area (Å²) in [4.78, 5) is 21.5. The molecule has 2 aliphatic heterocycles. The molecule has 1 amide bonds. The van der Waals surface area contributed by atoms with Crippen molar-refractivity contribution >= 4 is 15.9 Å². The van der Waals surface area contributed by atoms with Crippen LogP contribution in [0.15, 0.2) is 29.4 Å². The molecule has 0 atom stereocenters. The number of H-pyrrole nitrogens is 1. The molecule has 3 heterocycles. The number of aryl methyl sites for hydroxylation is 1. The molecule has 4 rings (SSSR count). The van der Waals surface area contributed by atoms with Gasteiger partial charge in [0, 0.05) is 51.5 Å². The van der Waals surface area contributed by atoms with Crippen LogP contribution in [0.25, 0.3) is 0 Å². The zero-order valence-corrected chi connectivity index (χ0v) is 19.1. The average molecular weight is 484 g/mol. The fourth-order valence-electron chi connectivity index (χ4n) is 4.48. The predicted octanol–water partition coefficient (Wildman–Crippen LogP) is 1.28. The third-order valence-corrected chi connectivity index (χ3v) is 8.21. The maximum absolute atomic E-state index is 14.0. The van der Waals surface area contributed by atoms with E-state index in [4.69, 9.17) is 4.74 Å². The van der Waals surface area contributed by atoms with Crippen molar-refractivity contribution in [1.82, 2.24) is 24.5 Å². The average Bonchev–Trinajstić information content (AvgIpc) is 3.25. The number of hydrogen-bond acceptors (Lipinski definition) is 6. The molecule has 0 aliphatic carbocycles. The van der Waals surface area contributed by atoms with Gasteiger partial charge < -0.3 is 15.0 Å². The number of carbonyl (C=O) groups excluding carboxylic acids is 1. The number of halogens is 2. The second-order valence-electron chi connectivity index (χ2n) is 8.34. The maximum atomic E-state index is 14.0. The van der Waals surface area contributed by atoms with Crippen LogP contribution in [0, 0.1) is 18.6 Å². The van der Waals surface area contributed by atoms with Gasteiger partial charge in [-0.3, -0.25) is 9.69 Å². The quantitative estimate of drug-likeness (QED) is 0.641. The van der Waals surface area contributed by atoms with Gasteiger partial charge in [0.05, 0.1) is 6.20 Å². The molecule has 0 spiro atoms. The molecule has 1 aromatic heterocycles. The number of ether oxygens (including phenoxy) is 1. The number of benzene rings is 1. The number of rotatable bonds is 6. The van der Waals surface area contributed by atoms with Gasteiger partial charge in [-0.05, 0) is 31.9 Å². The van der Waals surface area contributed by atoms with E-state index in [1.165, 1.54) is 16.6 Å². The zero-order chi connectivity index (χ0) is 23.6. The maximum Gasteiger partial charge on any atom is 0.260 e. The Kier molecular flexibility index (Phi) is 6.80. The van der Waals surface area contributed by atoms with Crippen LogP contribution >= 0.6 is 0 Å². The molecule has 2 aliphatic rings. The first-order valence-corrected chi connectivity index (χ1v) is 12.2. The topological polar surface area (TPSA) is 108 Å². The molecule has 1 aromatic carbocycles. The molecule has 9 nitrogen and oxygen atoms in total. The number of piperazine rings is 1. The van der Waals surface area contributed by atoms with E-state index >= 15 is 0 Å². The number of carbonyl (C=O) groups is 1. The molecular weight excluding hydrogens is 456 g/mol. The number of imidazole rings is 1. The van der Waals surface area contributed by atoms with E-state index in [9.17, 15) is 22.0 Å². The lowest BCUT2D eigenvalue weighted by molar-refractivity contribution is -0.0385. The van der Waals surface area contributed by atoms with Gasteiger partial charge in [-0.25, -0.2) is 22.2 Å². The Labute approximate surface area is 191 Å². The number of amides is 1. The smallest absolute Gasteiger partial charge is 0.260 e. The Morgan fingerprint density at radius 3 is 2.39 bits per heavy atom. The molecule has 33 heavy (non-hydrogen) atoms. The van der Waals surface area contributed by atoms with Crippen LogP contribution in [0.4, 0.5) is 8.78 Å². The van der Waals surface area contributed by atoms with Crippen molar-refractivity contribution in [1.29, 1.82) is 0 Å². The highest BCUT2D eigenvalue weighted by molar-refractivity contribution is 7.89. The molecule has 0 unspecified atom stereocenters. The van der Waals surface area contributed by atoms with Gasteiger partial charge in [-0.1, -0.05) is 6.07 Å². The molecule has 0 radical (unpaired) electrons. The van der Waals surface area contributed by atoms with E-state index < -0.39 is 38.7 Å². The Morgan fingerprint density at radius 1 is 1.18 bits per heavy atom. The SMILES string of the molecule is Cc1ncc(S(=O)(=O)N2CCN(C3(CNC(=O)c4c(F)cccc4F)CCOCC3)CC2)[nH]1. The molecule has 180 valence electrons. The summed E-state index contributed by atoms with van der Waals surface area (Å²) in [6.45, 7) is 4.29. The van der Waals surface area contributed by atoms with Crippen LogP contribution in [-0.4, -0.2) is 85.0 Å². The van der Waals surface area contributed by atoms with Gasteiger partial charge in [-0.2, -0.15) is 4.31 Å². The summed E-state index contributed by atoms with van der Waals surface area (Å²) in [5.41, 5.74) is -1.10. The fraction of sp³-hybridized carbons (Fsp3) is 0.524. The highest BCUT2D eigenvalue weighted by Gasteiger charge is 2.42. The number of nitrogens with zero attached hydrogens (tertiary/aromatic N) is 3. The molecule has 12 heteroatoms. The van der Waals surface area contributed by atoms with Crippen molar-refractivity contribution in [3.05, 3.63) is 47.4 Å². The summed E-state index contributed by atoms with van der Waals surface area (Å²) in [6.07, 6.45) is 2.54. The monoisotopic (exact) mass is 483 g/mol. The molecule has 2 fully saturated rings. The summed E-state index contributed by atoms with van der Waals surface area (Å²) in [5, 5.41) is 2.76. The summed E-state index contributed by atoms with van der Waals surface area (Å²) < 4.78 is 60.7. The lowest BCUT2D eigenvalue weighted by Gasteiger charge is -2.49. The first-order chi connectivity index (χ1) is 15.7. The highest BCUT2D eigenvalue weighted by Crippen LogP contribution is 2.30. The Hall–Kier alpha value is -2.41. The lowest BCUT2D eigenvalue weighted by Crippen LogP contribution is -2.63. The first-order valence-electron chi connectivity index (χ1n) is 10.8. The molecule has 2 aromatic rings. The number of sulfonamides is 1. The molecule has 2 saturated heterocycles. The van der Waals surface area contributed by atoms with E-state index in [1.807, 2.05) is 0 Å². The molecule has 0 bridgehead atoms. The van der Waals surface area contributed by atoms with Crippen LogP contribution in [0.5, 0.6) is 0 Å². The summed E-state index contributed by atoms with van der Waals surface area (Å²) >= 11 is 0. The van der Waals surface area contributed by atoms with Crippen LogP contribution < -0.4 is 5.32 Å². The third kappa shape index (κ3) is 4.79. The predicted molar refractivity (Wildman–Crippen MR) is 115 cm³/mol. The number of aromatic amines is 1. The lowest BCUT2D eigenvalue weighted by atomic mass is 9.87. The summed E-state index contributed by atoms with van der Waals surface area (Å²) in [5.74, 6) is -2.12. The standard InChI is InChI=1S/C21H27F2N5O4S/c1-15-24-13-18(26-15)33(30,31)28-9-7-27(8-10-28)21(5-11-32-12-6-21)14-25-20(29)19-16(22)3-2-4-17(19)23/h2-4,13H,5-12,14H2,1H3,(H,24,26)(H,25,29). The highest BCUT2D eigenvalue weighted by atomic mass is 32.2. The minimum Gasteiger partial charge on any atom is -0.381 e. The Bertz CT molecular complexity index is 1090. The first kappa shape index (κ1) is 23.7. The van der Waals surface area contributed by atoms with Crippen molar-refractivity contribution in [2.45, 2.75) is 30.3 Å². The van der Waals surface area contributed by atoms with Crippen LogP contribution in [0.2, 0.25) is 0 Å². The van der Waals surface area contributed by atoms with Crippen LogP contribution in [0.3, 0.4) is 0 Å². The number of aromatic nitrogens is 2. The van der Waals surface area contributed by atoms with Gasteiger partial charge in [0.2, 0.25) is 0 Å². The molecule has 0 saturated carbocycles. The largest absolute Gasteiger partial charge is 0.381 e. The van der Waals surface area contributed by atoms with Gasteiger partial charge in [0.1, 0.15) is 23.0 Å². The summed E-state index contributed by atoms with van der Waals surface area (Å²) in [6, 6.07) is 3.30. The second-order valence-corrected chi connectivity index (χ2v) is 10.2. The Morgan fingerprint density at radius 2 is 1.82 bits per heavy atom. The van der Waals surface area contributed by atoms with Crippen molar-refractivity contribution in [2.75, 3.05) is 45.9 Å². The van der Waals surface area contributed by atoms with Crippen molar-refractivity contribution in [3.63, 3.8) is 0 Å². The van der Waals surface area contributed by atoms with Gasteiger partial charge in [0.15, 0.2) is 5.03 Å². The van der Waals surface area contributed by atoms with Crippen molar-refractivity contribution in [2.24, 2.45) is 0 Å². The third-order valence-electron chi connectivity index (χ3n) is 6.40. The molecular formula is C21H27F2N5O4S. The number of nitrogens with one attached hydrogen (secondary N) is 2. The summed E-state index contributed by atoms with van der Waals surface area (Å²) in [7, 11) is -3.68. The van der Waals surface area contributed by atoms with Crippen LogP contribution in [-0.2, 0) is 14.8 Å². The van der Waals surface area contributed by atoms with E-state index in [0.29, 0.717) is 45.0 Å². The van der Waals surface area contributed by atoms with Crippen molar-refractivity contribution in [3.8, 4) is 0 Å². The zero-order valence-electron chi connectivity index (χ0n) is 18.3. The van der Waals surface area contributed by atoms with Crippen LogP contribution in [0.1, 0.15) is 29.0 Å². The van der Waals surface area contributed by atoms with E-state index in [-0.39, 0.29) is 24.7 Å². The minimum atomic E-state index is -3.68. The minimum absolute atomic E-state index is 0.0633. The van der Waals surface area contributed by atoms with E-state index in [1.54, 1.807) is 6.92 Å².